The maximum Gasteiger partial charge on any atom is 0.0471 e. The minimum absolute atomic E-state index is 1.23. The van der Waals surface area contributed by atoms with Crippen LogP contribution in [0.25, 0.3) is 9.75 Å². The van der Waals surface area contributed by atoms with Gasteiger partial charge in [-0.2, -0.15) is 0 Å². The van der Waals surface area contributed by atoms with Gasteiger partial charge in [-0.05, 0) is 53.8 Å². The van der Waals surface area contributed by atoms with Gasteiger partial charge in [0.05, 0.1) is 0 Å². The van der Waals surface area contributed by atoms with E-state index in [4.69, 9.17) is 0 Å². The van der Waals surface area contributed by atoms with Crippen LogP contribution >= 0.6 is 22.7 Å². The summed E-state index contributed by atoms with van der Waals surface area (Å²) < 4.78 is 0. The topological polar surface area (TPSA) is 0 Å². The minimum atomic E-state index is 1.23. The molecule has 0 fully saturated rings. The van der Waals surface area contributed by atoms with Crippen molar-refractivity contribution < 1.29 is 0 Å². The van der Waals surface area contributed by atoms with Gasteiger partial charge in [-0.3, -0.25) is 0 Å². The van der Waals surface area contributed by atoms with Crippen molar-refractivity contribution in [3.63, 3.8) is 0 Å². The highest BCUT2D eigenvalue weighted by molar-refractivity contribution is 7.20. The monoisotopic (exact) mass is 236 g/mol. The zero-order valence-electron chi connectivity index (χ0n) is 9.25. The van der Waals surface area contributed by atoms with Crippen LogP contribution in [-0.2, 0) is 6.42 Å². The lowest BCUT2D eigenvalue weighted by molar-refractivity contribution is 0.797. The minimum Gasteiger partial charge on any atom is -0.143 e. The van der Waals surface area contributed by atoms with Gasteiger partial charge < -0.3 is 0 Å². The van der Waals surface area contributed by atoms with Gasteiger partial charge in [0.1, 0.15) is 0 Å². The second kappa shape index (κ2) is 4.95. The molecule has 0 nitrogen and oxygen atoms in total. The lowest BCUT2D eigenvalue weighted by Gasteiger charge is -1.94. The third-order valence-corrected chi connectivity index (χ3v) is 4.73. The molecule has 15 heavy (non-hydrogen) atoms. The molecule has 0 saturated heterocycles. The van der Waals surface area contributed by atoms with E-state index in [0.29, 0.717) is 0 Å². The Bertz CT molecular complexity index is 423. The van der Waals surface area contributed by atoms with E-state index in [1.807, 2.05) is 22.7 Å². The molecular formula is C13H16S2. The number of hydrogen-bond acceptors (Lipinski definition) is 2. The van der Waals surface area contributed by atoms with Crippen molar-refractivity contribution in [3.8, 4) is 9.75 Å². The smallest absolute Gasteiger partial charge is 0.0471 e. The maximum absolute atomic E-state index is 2.36. The summed E-state index contributed by atoms with van der Waals surface area (Å²) in [6, 6.07) is 4.56. The average molecular weight is 236 g/mol. The van der Waals surface area contributed by atoms with E-state index in [0.717, 1.165) is 0 Å². The third kappa shape index (κ3) is 2.50. The Morgan fingerprint density at radius 2 is 2.13 bits per heavy atom. The van der Waals surface area contributed by atoms with Crippen molar-refractivity contribution in [2.24, 2.45) is 0 Å². The van der Waals surface area contributed by atoms with E-state index in [1.54, 1.807) is 0 Å². The zero-order valence-corrected chi connectivity index (χ0v) is 10.9. The van der Waals surface area contributed by atoms with E-state index in [-0.39, 0.29) is 0 Å². The molecule has 2 rings (SSSR count). The normalized spacial score (nSPS) is 10.8. The highest BCUT2D eigenvalue weighted by Gasteiger charge is 2.06. The molecule has 0 bridgehead atoms. The first-order valence-corrected chi connectivity index (χ1v) is 7.19. The molecule has 0 radical (unpaired) electrons. The van der Waals surface area contributed by atoms with Crippen LogP contribution in [0.3, 0.4) is 0 Å². The predicted octanol–water partition coefficient (Wildman–Crippen LogP) is 5.13. The third-order valence-electron chi connectivity index (χ3n) is 2.56. The summed E-state index contributed by atoms with van der Waals surface area (Å²) in [4.78, 5) is 2.89. The van der Waals surface area contributed by atoms with Crippen molar-refractivity contribution in [1.29, 1.82) is 0 Å². The van der Waals surface area contributed by atoms with Crippen molar-refractivity contribution in [2.75, 3.05) is 0 Å². The first-order valence-electron chi connectivity index (χ1n) is 5.43. The van der Waals surface area contributed by atoms with Gasteiger partial charge in [-0.25, -0.2) is 0 Å². The lowest BCUT2D eigenvalue weighted by Crippen LogP contribution is -1.78. The van der Waals surface area contributed by atoms with Gasteiger partial charge in [0, 0.05) is 9.75 Å². The Morgan fingerprint density at radius 1 is 1.27 bits per heavy atom. The molecule has 2 aromatic heterocycles. The van der Waals surface area contributed by atoms with Gasteiger partial charge >= 0.3 is 0 Å². The van der Waals surface area contributed by atoms with Gasteiger partial charge in [0.25, 0.3) is 0 Å². The van der Waals surface area contributed by atoms with Crippen LogP contribution < -0.4 is 0 Å². The van der Waals surface area contributed by atoms with Crippen LogP contribution in [0.4, 0.5) is 0 Å². The number of hydrogen-bond donors (Lipinski definition) is 0. The van der Waals surface area contributed by atoms with Crippen LogP contribution in [0, 0.1) is 6.92 Å². The van der Waals surface area contributed by atoms with Crippen molar-refractivity contribution in [2.45, 2.75) is 33.1 Å². The SMILES string of the molecule is CCCCc1csc(-c2sccc2C)c1. The standard InChI is InChI=1S/C13H16S2/c1-3-4-5-11-8-12(15-9-11)13-10(2)6-7-14-13/h6-9H,3-5H2,1-2H3. The van der Waals surface area contributed by atoms with Gasteiger partial charge in [-0.15, -0.1) is 22.7 Å². The number of aryl methyl sites for hydroxylation is 2. The van der Waals surface area contributed by atoms with Crippen LogP contribution in [0.2, 0.25) is 0 Å². The molecule has 0 aliphatic carbocycles. The fourth-order valence-corrected chi connectivity index (χ4v) is 3.71. The van der Waals surface area contributed by atoms with Gasteiger partial charge in [0.2, 0.25) is 0 Å². The molecule has 0 spiro atoms. The molecule has 2 aromatic rings. The second-order valence-electron chi connectivity index (χ2n) is 3.86. The Balaban J connectivity index is 2.17. The van der Waals surface area contributed by atoms with Crippen molar-refractivity contribution in [3.05, 3.63) is 34.0 Å². The van der Waals surface area contributed by atoms with Crippen LogP contribution in [-0.4, -0.2) is 0 Å². The summed E-state index contributed by atoms with van der Waals surface area (Å²) in [5, 5.41) is 4.49. The fourth-order valence-electron chi connectivity index (χ4n) is 1.63. The zero-order chi connectivity index (χ0) is 10.7. The Hall–Kier alpha value is -0.600. The van der Waals surface area contributed by atoms with Crippen molar-refractivity contribution >= 4 is 22.7 Å². The first kappa shape index (κ1) is 10.9. The lowest BCUT2D eigenvalue weighted by atomic mass is 10.1. The predicted molar refractivity (Wildman–Crippen MR) is 71.0 cm³/mol. The molecule has 0 aliphatic rings. The van der Waals surface area contributed by atoms with E-state index in [2.05, 4.69) is 36.7 Å². The first-order chi connectivity index (χ1) is 7.31. The van der Waals surface area contributed by atoms with Gasteiger partial charge in [-0.1, -0.05) is 13.3 Å². The van der Waals surface area contributed by atoms with Crippen LogP contribution in [0.1, 0.15) is 30.9 Å². The Morgan fingerprint density at radius 3 is 2.80 bits per heavy atom. The van der Waals surface area contributed by atoms with Crippen LogP contribution in [0.15, 0.2) is 22.9 Å². The van der Waals surface area contributed by atoms with E-state index in [9.17, 15) is 0 Å². The molecule has 2 heterocycles. The summed E-state index contributed by atoms with van der Waals surface area (Å²) in [7, 11) is 0. The molecule has 80 valence electrons. The highest BCUT2D eigenvalue weighted by atomic mass is 32.1. The highest BCUT2D eigenvalue weighted by Crippen LogP contribution is 2.34. The van der Waals surface area contributed by atoms with E-state index in [1.165, 1.54) is 40.1 Å². The average Bonchev–Trinajstić information content (AvgIpc) is 2.83. The summed E-state index contributed by atoms with van der Waals surface area (Å²) in [6.45, 7) is 4.44. The Labute approximate surface area is 99.6 Å². The molecule has 0 saturated carbocycles. The molecule has 0 atom stereocenters. The molecule has 0 N–H and O–H groups in total. The summed E-state index contributed by atoms with van der Waals surface area (Å²) in [5.41, 5.74) is 2.91. The molecule has 2 heteroatoms. The van der Waals surface area contributed by atoms with Crippen molar-refractivity contribution in [1.82, 2.24) is 0 Å². The van der Waals surface area contributed by atoms with Crippen LogP contribution in [0.5, 0.6) is 0 Å². The van der Waals surface area contributed by atoms with Gasteiger partial charge in [0.15, 0.2) is 0 Å². The largest absolute Gasteiger partial charge is 0.143 e. The van der Waals surface area contributed by atoms with E-state index < -0.39 is 0 Å². The molecule has 0 aromatic carbocycles. The fraction of sp³-hybridized carbons (Fsp3) is 0.385. The molecule has 0 amide bonds. The molecule has 0 unspecified atom stereocenters. The summed E-state index contributed by atoms with van der Waals surface area (Å²) in [5.74, 6) is 0. The Kier molecular flexibility index (Phi) is 3.60. The molecular weight excluding hydrogens is 220 g/mol. The maximum atomic E-state index is 2.36. The quantitative estimate of drug-likeness (QED) is 0.690. The molecule has 0 aliphatic heterocycles. The number of unbranched alkanes of at least 4 members (excludes halogenated alkanes) is 1. The number of thiophene rings is 2. The van der Waals surface area contributed by atoms with E-state index >= 15 is 0 Å². The summed E-state index contributed by atoms with van der Waals surface area (Å²) in [6.07, 6.45) is 3.82. The number of rotatable bonds is 4. The second-order valence-corrected chi connectivity index (χ2v) is 5.68. The summed E-state index contributed by atoms with van der Waals surface area (Å²) >= 11 is 3.73.